The van der Waals surface area contributed by atoms with Crippen molar-refractivity contribution in [2.45, 2.75) is 24.8 Å². The Morgan fingerprint density at radius 1 is 1.33 bits per heavy atom. The number of rotatable bonds is 5. The van der Waals surface area contributed by atoms with Gasteiger partial charge in [-0.3, -0.25) is 21.0 Å². The molecule has 0 amide bonds. The van der Waals surface area contributed by atoms with Crippen molar-refractivity contribution in [3.63, 3.8) is 0 Å². The first kappa shape index (κ1) is 23.7. The third-order valence-corrected chi connectivity index (χ3v) is 1.87. The number of guanidine groups is 2. The molecule has 0 aromatic carbocycles. The van der Waals surface area contributed by atoms with E-state index < -0.39 is 41.6 Å². The Morgan fingerprint density at radius 3 is 2.04 bits per heavy atom. The van der Waals surface area contributed by atoms with Crippen LogP contribution in [0, 0.1) is 15.5 Å². The van der Waals surface area contributed by atoms with Crippen LogP contribution in [0.3, 0.4) is 0 Å². The van der Waals surface area contributed by atoms with Crippen molar-refractivity contribution in [1.29, 1.82) is 5.41 Å². The zero-order chi connectivity index (χ0) is 19.8. The summed E-state index contributed by atoms with van der Waals surface area (Å²) in [7, 11) is 0. The summed E-state index contributed by atoms with van der Waals surface area (Å²) in [4.78, 5) is 11.6. The zero-order valence-corrected chi connectivity index (χ0v) is 11.8. The summed E-state index contributed by atoms with van der Waals surface area (Å²) >= 11 is 0. The van der Waals surface area contributed by atoms with E-state index in [0.717, 1.165) is 0 Å². The predicted octanol–water partition coefficient (Wildman–Crippen LogP) is 0.920. The summed E-state index contributed by atoms with van der Waals surface area (Å²) in [5.41, 5.74) is 4.77. The van der Waals surface area contributed by atoms with E-state index in [0.29, 0.717) is 5.32 Å². The molecule has 0 atom stereocenters. The first-order valence-electron chi connectivity index (χ1n) is 5.61. The van der Waals surface area contributed by atoms with Crippen LogP contribution >= 0.6 is 0 Å². The van der Waals surface area contributed by atoms with Crippen molar-refractivity contribution in [1.82, 2.24) is 10.6 Å². The molecule has 0 aromatic heterocycles. The molecule has 6 N–H and O–H groups in total. The van der Waals surface area contributed by atoms with E-state index in [-0.39, 0.29) is 6.54 Å². The lowest BCUT2D eigenvalue weighted by atomic mass is 10.1. The zero-order valence-electron chi connectivity index (χ0n) is 11.8. The number of nitrogens with zero attached hydrogens (tertiary/aromatic N) is 2. The monoisotopic (exact) mass is 374 g/mol. The first-order chi connectivity index (χ1) is 10.6. The molecule has 0 aliphatic carbocycles. The lowest BCUT2D eigenvalue weighted by Crippen LogP contribution is -2.65. The summed E-state index contributed by atoms with van der Waals surface area (Å²) in [6.45, 7) is -1.86. The fourth-order valence-corrected chi connectivity index (χ4v) is 0.937. The van der Waals surface area contributed by atoms with Crippen LogP contribution in [0.1, 0.15) is 6.92 Å². The molecule has 0 heterocycles. The van der Waals surface area contributed by atoms with Gasteiger partial charge >= 0.3 is 17.9 Å². The Kier molecular flexibility index (Phi) is 8.81. The van der Waals surface area contributed by atoms with E-state index in [9.17, 15) is 30.7 Å². The Morgan fingerprint density at radius 2 is 1.75 bits per heavy atom. The Hall–Kier alpha value is -2.55. The molecular weight excluding hydrogens is 361 g/mol. The van der Waals surface area contributed by atoms with Crippen LogP contribution in [0.15, 0.2) is 4.99 Å². The summed E-state index contributed by atoms with van der Waals surface area (Å²) < 4.78 is 89.1. The van der Waals surface area contributed by atoms with E-state index in [1.54, 1.807) is 5.32 Å². The van der Waals surface area contributed by atoms with Crippen molar-refractivity contribution >= 4 is 11.9 Å². The van der Waals surface area contributed by atoms with E-state index in [4.69, 9.17) is 26.5 Å². The Balaban J connectivity index is 0. The molecule has 0 saturated carbocycles. The van der Waals surface area contributed by atoms with Crippen molar-refractivity contribution in [2.24, 2.45) is 10.7 Å². The summed E-state index contributed by atoms with van der Waals surface area (Å²) in [5.74, 6) is -13.7. The second-order valence-electron chi connectivity index (χ2n) is 3.71. The van der Waals surface area contributed by atoms with Gasteiger partial charge in [0.25, 0.3) is 5.09 Å². The molecule has 9 nitrogen and oxygen atoms in total. The van der Waals surface area contributed by atoms with Gasteiger partial charge in [-0.1, -0.05) is 0 Å². The first-order valence-corrected chi connectivity index (χ1v) is 5.61. The SMILES string of the molecule is CCN=C(NC(=N)N)NC(F)(F)C(F)(F)C(F)(F)CF.O=[N+]([O-])O. The predicted molar refractivity (Wildman–Crippen MR) is 65.8 cm³/mol. The third kappa shape index (κ3) is 7.14. The van der Waals surface area contributed by atoms with E-state index in [1.165, 1.54) is 6.92 Å². The Bertz CT molecular complexity index is 469. The van der Waals surface area contributed by atoms with Gasteiger partial charge in [0, 0.05) is 6.54 Å². The molecule has 0 spiro atoms. The Labute approximate surface area is 129 Å². The van der Waals surface area contributed by atoms with Gasteiger partial charge in [0.1, 0.15) is 0 Å². The highest BCUT2D eigenvalue weighted by Gasteiger charge is 2.72. The van der Waals surface area contributed by atoms with Crippen LogP contribution < -0.4 is 16.4 Å². The average molecular weight is 374 g/mol. The van der Waals surface area contributed by atoms with Gasteiger partial charge in [-0.2, -0.15) is 26.3 Å². The van der Waals surface area contributed by atoms with Crippen molar-refractivity contribution in [2.75, 3.05) is 13.2 Å². The quantitative estimate of drug-likeness (QED) is 0.121. The highest BCUT2D eigenvalue weighted by Crippen LogP contribution is 2.44. The topological polar surface area (TPSA) is 150 Å². The second kappa shape index (κ2) is 8.92. The number of aliphatic imine (C=N–C) groups is 1. The lowest BCUT2D eigenvalue weighted by molar-refractivity contribution is -0.742. The third-order valence-electron chi connectivity index (χ3n) is 1.87. The van der Waals surface area contributed by atoms with E-state index >= 15 is 0 Å². The van der Waals surface area contributed by atoms with Crippen molar-refractivity contribution < 1.29 is 41.0 Å². The molecule has 24 heavy (non-hydrogen) atoms. The van der Waals surface area contributed by atoms with Crippen LogP contribution in [0.5, 0.6) is 0 Å². The number of alkyl halides is 7. The molecule has 0 radical (unpaired) electrons. The standard InChI is InChI=1S/C8H12F7N5.HNO3/c1-2-18-5(19-4(16)17)20-8(14,15)7(12,13)6(10,11)3-9;2-1(3)4/h2-3H2,1H3,(H5,16,17,18,19,20);(H,2,3,4). The fourth-order valence-electron chi connectivity index (χ4n) is 0.937. The minimum absolute atomic E-state index is 0.205. The maximum Gasteiger partial charge on any atom is 0.394 e. The summed E-state index contributed by atoms with van der Waals surface area (Å²) in [5, 5.41) is 22.7. The normalized spacial score (nSPS) is 12.8. The number of halogens is 7. The second-order valence-corrected chi connectivity index (χ2v) is 3.71. The summed E-state index contributed by atoms with van der Waals surface area (Å²) in [6, 6.07) is -5.53. The molecule has 0 unspecified atom stereocenters. The van der Waals surface area contributed by atoms with Gasteiger partial charge in [0.05, 0.1) is 0 Å². The maximum absolute atomic E-state index is 13.2. The molecular formula is C8H13F7N6O3. The molecule has 142 valence electrons. The fraction of sp³-hybridized carbons (Fsp3) is 0.750. The van der Waals surface area contributed by atoms with Gasteiger partial charge in [0.2, 0.25) is 5.96 Å². The molecule has 0 aliphatic heterocycles. The van der Waals surface area contributed by atoms with E-state index in [2.05, 4.69) is 4.99 Å². The number of hydrogen-bond donors (Lipinski definition) is 5. The van der Waals surface area contributed by atoms with Crippen LogP contribution in [-0.4, -0.2) is 53.3 Å². The molecule has 0 bridgehead atoms. The van der Waals surface area contributed by atoms with Crippen LogP contribution in [0.25, 0.3) is 0 Å². The van der Waals surface area contributed by atoms with Gasteiger partial charge in [-0.15, -0.1) is 10.1 Å². The largest absolute Gasteiger partial charge is 0.394 e. The maximum atomic E-state index is 13.2. The van der Waals surface area contributed by atoms with Crippen molar-refractivity contribution in [3.05, 3.63) is 10.1 Å². The number of nitrogens with one attached hydrogen (secondary N) is 3. The number of nitrogens with two attached hydrogens (primary N) is 1. The van der Waals surface area contributed by atoms with Gasteiger partial charge in [-0.25, -0.2) is 4.39 Å². The highest BCUT2D eigenvalue weighted by molar-refractivity contribution is 5.96. The van der Waals surface area contributed by atoms with Crippen LogP contribution in [0.4, 0.5) is 30.7 Å². The van der Waals surface area contributed by atoms with Gasteiger partial charge in [0.15, 0.2) is 12.6 Å². The molecule has 0 fully saturated rings. The van der Waals surface area contributed by atoms with Gasteiger partial charge < -0.3 is 10.9 Å². The van der Waals surface area contributed by atoms with E-state index in [1.807, 2.05) is 0 Å². The minimum Gasteiger partial charge on any atom is -0.370 e. The van der Waals surface area contributed by atoms with Gasteiger partial charge in [-0.05, 0) is 6.92 Å². The number of hydrogen-bond acceptors (Lipinski definition) is 4. The average Bonchev–Trinajstić information content (AvgIpc) is 2.36. The minimum atomic E-state index is -6.03. The van der Waals surface area contributed by atoms with Crippen LogP contribution in [0.2, 0.25) is 0 Å². The molecule has 0 saturated heterocycles. The highest BCUT2D eigenvalue weighted by atomic mass is 19.3. The molecule has 0 aliphatic rings. The summed E-state index contributed by atoms with van der Waals surface area (Å²) in [6.07, 6.45) is 0. The smallest absolute Gasteiger partial charge is 0.370 e. The molecule has 0 aromatic rings. The van der Waals surface area contributed by atoms with Crippen molar-refractivity contribution in [3.8, 4) is 0 Å². The van der Waals surface area contributed by atoms with Crippen LogP contribution in [-0.2, 0) is 0 Å². The molecule has 0 rings (SSSR count). The molecule has 16 heteroatoms. The lowest BCUT2D eigenvalue weighted by Gasteiger charge is -2.32.